The van der Waals surface area contributed by atoms with Crippen molar-refractivity contribution >= 4 is 12.1 Å². The first kappa shape index (κ1) is 12.8. The zero-order valence-corrected chi connectivity index (χ0v) is 9.58. The molecule has 1 saturated heterocycles. The molecule has 1 amide bonds. The summed E-state index contributed by atoms with van der Waals surface area (Å²) in [4.78, 5) is 21.9. The number of hydrogen-bond donors (Lipinski definition) is 3. The van der Waals surface area contributed by atoms with Crippen LogP contribution >= 0.6 is 0 Å². The van der Waals surface area contributed by atoms with Gasteiger partial charge in [-0.1, -0.05) is 13.8 Å². The van der Waals surface area contributed by atoms with E-state index in [1.165, 1.54) is 0 Å². The number of amides is 1. The second-order valence-corrected chi connectivity index (χ2v) is 3.88. The molecule has 1 heterocycles. The molecule has 16 heavy (non-hydrogen) atoms. The maximum atomic E-state index is 11.2. The van der Waals surface area contributed by atoms with E-state index in [1.54, 1.807) is 0 Å². The monoisotopic (exact) mass is 230 g/mol. The third-order valence-electron chi connectivity index (χ3n) is 3.03. The molecular formula is C10H18N2O4. The van der Waals surface area contributed by atoms with Gasteiger partial charge in [0.2, 0.25) is 0 Å². The number of carboxylic acid groups (broad SMARTS) is 1. The lowest BCUT2D eigenvalue weighted by atomic mass is 9.93. The predicted molar refractivity (Wildman–Crippen MR) is 57.2 cm³/mol. The van der Waals surface area contributed by atoms with Crippen LogP contribution in [0.2, 0.25) is 0 Å². The number of carbonyl (C=O) groups excluding carboxylic acids is 1. The van der Waals surface area contributed by atoms with Crippen LogP contribution in [0.4, 0.5) is 4.79 Å². The fraction of sp³-hybridized carbons (Fsp3) is 0.800. The normalized spacial score (nSPS) is 20.4. The van der Waals surface area contributed by atoms with Crippen LogP contribution in [-0.2, 0) is 9.53 Å². The van der Waals surface area contributed by atoms with Gasteiger partial charge in [-0.25, -0.2) is 4.79 Å². The van der Waals surface area contributed by atoms with Gasteiger partial charge in [-0.15, -0.1) is 0 Å². The van der Waals surface area contributed by atoms with Crippen molar-refractivity contribution in [2.45, 2.75) is 38.3 Å². The Morgan fingerprint density at radius 2 is 2.25 bits per heavy atom. The van der Waals surface area contributed by atoms with Gasteiger partial charge in [-0.2, -0.15) is 0 Å². The third-order valence-corrected chi connectivity index (χ3v) is 3.03. The molecule has 0 aliphatic carbocycles. The Hall–Kier alpha value is -1.30. The number of cyclic esters (lactones) is 1. The van der Waals surface area contributed by atoms with E-state index in [4.69, 9.17) is 9.84 Å². The van der Waals surface area contributed by atoms with Crippen LogP contribution in [0, 0.1) is 0 Å². The number of carbonyl (C=O) groups is 2. The van der Waals surface area contributed by atoms with Crippen molar-refractivity contribution in [3.8, 4) is 0 Å². The van der Waals surface area contributed by atoms with Crippen molar-refractivity contribution in [3.63, 3.8) is 0 Å². The van der Waals surface area contributed by atoms with Crippen LogP contribution < -0.4 is 10.6 Å². The number of hydrogen-bond acceptors (Lipinski definition) is 4. The maximum absolute atomic E-state index is 11.2. The summed E-state index contributed by atoms with van der Waals surface area (Å²) in [5, 5.41) is 14.7. The number of carboxylic acids is 1. The minimum Gasteiger partial charge on any atom is -0.480 e. The molecule has 6 heteroatoms. The van der Waals surface area contributed by atoms with Gasteiger partial charge in [-0.05, 0) is 12.8 Å². The summed E-state index contributed by atoms with van der Waals surface area (Å²) < 4.78 is 4.92. The zero-order valence-electron chi connectivity index (χ0n) is 9.58. The highest BCUT2D eigenvalue weighted by Crippen LogP contribution is 2.15. The van der Waals surface area contributed by atoms with Crippen molar-refractivity contribution in [1.29, 1.82) is 0 Å². The average molecular weight is 230 g/mol. The SMILES string of the molecule is CCC(CC)(NCC1CNC(=O)O1)C(=O)O. The van der Waals surface area contributed by atoms with Gasteiger partial charge in [-0.3, -0.25) is 10.1 Å². The number of nitrogens with one attached hydrogen (secondary N) is 2. The number of ether oxygens (including phenoxy) is 1. The molecule has 1 aliphatic rings. The molecule has 0 aromatic heterocycles. The Bertz CT molecular complexity index is 276. The van der Waals surface area contributed by atoms with Crippen LogP contribution in [-0.4, -0.2) is 41.9 Å². The van der Waals surface area contributed by atoms with Gasteiger partial charge >= 0.3 is 12.1 Å². The van der Waals surface area contributed by atoms with Crippen molar-refractivity contribution in [2.75, 3.05) is 13.1 Å². The van der Waals surface area contributed by atoms with Gasteiger partial charge < -0.3 is 15.2 Å². The average Bonchev–Trinajstić information content (AvgIpc) is 2.66. The van der Waals surface area contributed by atoms with Crippen LogP contribution in [0.1, 0.15) is 26.7 Å². The van der Waals surface area contributed by atoms with E-state index >= 15 is 0 Å². The standard InChI is InChI=1S/C10H18N2O4/c1-3-10(4-2,8(13)14)12-6-7-5-11-9(15)16-7/h7,12H,3-6H2,1-2H3,(H,11,15)(H,13,14). The topological polar surface area (TPSA) is 87.7 Å². The molecule has 6 nitrogen and oxygen atoms in total. The molecule has 1 rings (SSSR count). The molecule has 1 unspecified atom stereocenters. The van der Waals surface area contributed by atoms with Gasteiger partial charge in [0.1, 0.15) is 11.6 Å². The van der Waals surface area contributed by atoms with E-state index in [0.29, 0.717) is 25.9 Å². The Kier molecular flexibility index (Phi) is 4.12. The summed E-state index contributed by atoms with van der Waals surface area (Å²) in [5.74, 6) is -0.866. The van der Waals surface area contributed by atoms with E-state index in [2.05, 4.69) is 10.6 Å². The summed E-state index contributed by atoms with van der Waals surface area (Å²) in [6.07, 6.45) is 0.255. The molecule has 0 radical (unpaired) electrons. The largest absolute Gasteiger partial charge is 0.480 e. The van der Waals surface area contributed by atoms with Crippen LogP contribution in [0.5, 0.6) is 0 Å². The third kappa shape index (κ3) is 2.63. The summed E-state index contributed by atoms with van der Waals surface area (Å²) in [7, 11) is 0. The first-order valence-corrected chi connectivity index (χ1v) is 5.47. The Morgan fingerprint density at radius 1 is 1.62 bits per heavy atom. The highest BCUT2D eigenvalue weighted by atomic mass is 16.6. The van der Waals surface area contributed by atoms with Gasteiger partial charge in [0.15, 0.2) is 0 Å². The number of rotatable bonds is 6. The maximum Gasteiger partial charge on any atom is 0.407 e. The molecule has 1 fully saturated rings. The van der Waals surface area contributed by atoms with Gasteiger partial charge in [0, 0.05) is 6.54 Å². The molecule has 3 N–H and O–H groups in total. The summed E-state index contributed by atoms with van der Waals surface area (Å²) >= 11 is 0. The van der Waals surface area contributed by atoms with Crippen molar-refractivity contribution < 1.29 is 19.4 Å². The first-order chi connectivity index (χ1) is 7.54. The van der Waals surface area contributed by atoms with E-state index in [-0.39, 0.29) is 6.10 Å². The van der Waals surface area contributed by atoms with E-state index < -0.39 is 17.6 Å². The summed E-state index contributed by atoms with van der Waals surface area (Å²) in [5.41, 5.74) is -0.922. The first-order valence-electron chi connectivity index (χ1n) is 5.47. The van der Waals surface area contributed by atoms with E-state index in [1.807, 2.05) is 13.8 Å². The number of alkyl carbamates (subject to hydrolysis) is 1. The molecule has 0 aromatic rings. The molecule has 1 atom stereocenters. The summed E-state index contributed by atoms with van der Waals surface area (Å²) in [6.45, 7) is 4.43. The van der Waals surface area contributed by atoms with Crippen molar-refractivity contribution in [1.82, 2.24) is 10.6 Å². The smallest absolute Gasteiger partial charge is 0.407 e. The minimum absolute atomic E-state index is 0.288. The highest BCUT2D eigenvalue weighted by molar-refractivity contribution is 5.78. The molecule has 0 bridgehead atoms. The fourth-order valence-electron chi connectivity index (χ4n) is 1.73. The van der Waals surface area contributed by atoms with E-state index in [0.717, 1.165) is 0 Å². The molecule has 0 saturated carbocycles. The predicted octanol–water partition coefficient (Wildman–Crippen LogP) is 0.328. The Balaban J connectivity index is 2.50. The van der Waals surface area contributed by atoms with Crippen molar-refractivity contribution in [2.24, 2.45) is 0 Å². The fourth-order valence-corrected chi connectivity index (χ4v) is 1.73. The van der Waals surface area contributed by atoms with Crippen molar-refractivity contribution in [3.05, 3.63) is 0 Å². The zero-order chi connectivity index (χ0) is 12.2. The second kappa shape index (κ2) is 5.16. The Morgan fingerprint density at radius 3 is 2.62 bits per heavy atom. The molecule has 0 aromatic carbocycles. The van der Waals surface area contributed by atoms with Gasteiger partial charge in [0.25, 0.3) is 0 Å². The molecule has 0 spiro atoms. The summed E-state index contributed by atoms with van der Waals surface area (Å²) in [6, 6.07) is 0. The molecular weight excluding hydrogens is 212 g/mol. The number of aliphatic carboxylic acids is 1. The Labute approximate surface area is 94.3 Å². The molecule has 1 aliphatic heterocycles. The van der Waals surface area contributed by atoms with Crippen LogP contribution in [0.25, 0.3) is 0 Å². The lowest BCUT2D eigenvalue weighted by Gasteiger charge is -2.29. The minimum atomic E-state index is -0.922. The van der Waals surface area contributed by atoms with Gasteiger partial charge in [0.05, 0.1) is 6.54 Å². The van der Waals surface area contributed by atoms with Crippen LogP contribution in [0.3, 0.4) is 0 Å². The lowest BCUT2D eigenvalue weighted by molar-refractivity contribution is -0.145. The quantitative estimate of drug-likeness (QED) is 0.612. The lowest BCUT2D eigenvalue weighted by Crippen LogP contribution is -2.53. The highest BCUT2D eigenvalue weighted by Gasteiger charge is 2.35. The second-order valence-electron chi connectivity index (χ2n) is 3.88. The van der Waals surface area contributed by atoms with E-state index in [9.17, 15) is 9.59 Å². The van der Waals surface area contributed by atoms with Crippen LogP contribution in [0.15, 0.2) is 0 Å². The molecule has 92 valence electrons.